The maximum atomic E-state index is 14.1. The standard InChI is InChI=1S/C28H28F2N4O2/c1-5-20-14-22-26(32-33(3)27(22)16-10-18(29)13-19(30)11-16)24(6-2)34(20)28(35)17-12-21-23(31-15-17)8-7-9-25(21)36-4/h7-13,15,20,24H,5-6,14H2,1-4H3. The van der Waals surface area contributed by atoms with Gasteiger partial charge in [0.1, 0.15) is 17.4 Å². The molecule has 0 N–H and O–H groups in total. The van der Waals surface area contributed by atoms with Crippen molar-refractivity contribution in [3.8, 4) is 17.0 Å². The minimum Gasteiger partial charge on any atom is -0.496 e. The number of methoxy groups -OCH3 is 1. The second kappa shape index (κ2) is 9.33. The lowest BCUT2D eigenvalue weighted by Gasteiger charge is -2.41. The molecule has 36 heavy (non-hydrogen) atoms. The van der Waals surface area contributed by atoms with Gasteiger partial charge in [-0.15, -0.1) is 0 Å². The van der Waals surface area contributed by atoms with E-state index in [1.165, 1.54) is 12.1 Å². The molecule has 0 saturated carbocycles. The van der Waals surface area contributed by atoms with Crippen LogP contribution in [0.4, 0.5) is 8.78 Å². The zero-order valence-electron chi connectivity index (χ0n) is 20.8. The summed E-state index contributed by atoms with van der Waals surface area (Å²) in [5.74, 6) is -0.730. The van der Waals surface area contributed by atoms with Gasteiger partial charge in [-0.05, 0) is 49.6 Å². The maximum Gasteiger partial charge on any atom is 0.256 e. The molecule has 3 heterocycles. The molecule has 8 heteroatoms. The number of ether oxygens (including phenoxy) is 1. The van der Waals surface area contributed by atoms with Crippen LogP contribution in [0.3, 0.4) is 0 Å². The first kappa shape index (κ1) is 23.9. The van der Waals surface area contributed by atoms with Gasteiger partial charge in [-0.3, -0.25) is 14.5 Å². The molecular formula is C28H28F2N4O2. The molecule has 6 nitrogen and oxygen atoms in total. The van der Waals surface area contributed by atoms with E-state index in [1.54, 1.807) is 25.0 Å². The Morgan fingerprint density at radius 3 is 2.53 bits per heavy atom. The number of fused-ring (bicyclic) bond motifs is 2. The van der Waals surface area contributed by atoms with Crippen LogP contribution in [0, 0.1) is 11.6 Å². The zero-order valence-corrected chi connectivity index (χ0v) is 20.8. The average Bonchev–Trinajstić information content (AvgIpc) is 3.21. The average molecular weight is 491 g/mol. The second-order valence-corrected chi connectivity index (χ2v) is 9.15. The normalized spacial score (nSPS) is 17.3. The molecule has 2 atom stereocenters. The van der Waals surface area contributed by atoms with Crippen LogP contribution in [0.1, 0.15) is 54.3 Å². The van der Waals surface area contributed by atoms with Gasteiger partial charge in [0.15, 0.2) is 0 Å². The third-order valence-corrected chi connectivity index (χ3v) is 7.04. The van der Waals surface area contributed by atoms with Crippen LogP contribution in [0.5, 0.6) is 5.75 Å². The molecular weight excluding hydrogens is 462 g/mol. The molecule has 4 aromatic rings. The van der Waals surface area contributed by atoms with Crippen molar-refractivity contribution < 1.29 is 18.3 Å². The summed E-state index contributed by atoms with van der Waals surface area (Å²) in [5.41, 5.74) is 4.06. The molecule has 0 aliphatic carbocycles. The summed E-state index contributed by atoms with van der Waals surface area (Å²) in [6.45, 7) is 4.06. The summed E-state index contributed by atoms with van der Waals surface area (Å²) >= 11 is 0. The van der Waals surface area contributed by atoms with Gasteiger partial charge in [0, 0.05) is 41.9 Å². The predicted molar refractivity (Wildman–Crippen MR) is 134 cm³/mol. The molecule has 0 fully saturated rings. The minimum absolute atomic E-state index is 0.107. The smallest absolute Gasteiger partial charge is 0.256 e. The molecule has 1 aliphatic rings. The summed E-state index contributed by atoms with van der Waals surface area (Å²) in [6.07, 6.45) is 3.52. The second-order valence-electron chi connectivity index (χ2n) is 9.15. The third-order valence-electron chi connectivity index (χ3n) is 7.04. The third kappa shape index (κ3) is 3.90. The van der Waals surface area contributed by atoms with Gasteiger partial charge in [-0.1, -0.05) is 19.9 Å². The highest BCUT2D eigenvalue weighted by Gasteiger charge is 2.40. The zero-order chi connectivity index (χ0) is 25.6. The lowest BCUT2D eigenvalue weighted by atomic mass is 9.87. The number of rotatable bonds is 5. The van der Waals surface area contributed by atoms with Crippen LogP contribution in [-0.2, 0) is 13.5 Å². The van der Waals surface area contributed by atoms with Gasteiger partial charge >= 0.3 is 0 Å². The monoisotopic (exact) mass is 490 g/mol. The Labute approximate surface area is 208 Å². The van der Waals surface area contributed by atoms with E-state index >= 15 is 0 Å². The molecule has 2 unspecified atom stereocenters. The fraction of sp³-hybridized carbons (Fsp3) is 0.321. The van der Waals surface area contributed by atoms with Gasteiger partial charge in [0.2, 0.25) is 0 Å². The summed E-state index contributed by atoms with van der Waals surface area (Å²) in [4.78, 5) is 20.4. The van der Waals surface area contributed by atoms with E-state index in [0.29, 0.717) is 35.4 Å². The molecule has 0 saturated heterocycles. The van der Waals surface area contributed by atoms with E-state index in [-0.39, 0.29) is 18.0 Å². The Hall–Kier alpha value is -3.81. The predicted octanol–water partition coefficient (Wildman–Crippen LogP) is 5.85. The number of carbonyl (C=O) groups is 1. The molecule has 1 amide bonds. The Kier molecular flexibility index (Phi) is 6.20. The van der Waals surface area contributed by atoms with Crippen LogP contribution in [-0.4, -0.2) is 38.7 Å². The van der Waals surface area contributed by atoms with E-state index in [0.717, 1.165) is 34.6 Å². The van der Waals surface area contributed by atoms with E-state index in [1.807, 2.05) is 43.0 Å². The lowest BCUT2D eigenvalue weighted by Crippen LogP contribution is -2.47. The molecule has 2 aromatic heterocycles. The fourth-order valence-electron chi connectivity index (χ4n) is 5.43. The molecule has 0 radical (unpaired) electrons. The molecule has 0 bridgehead atoms. The molecule has 2 aromatic carbocycles. The van der Waals surface area contributed by atoms with Crippen LogP contribution in [0.15, 0.2) is 48.7 Å². The first-order chi connectivity index (χ1) is 17.4. The van der Waals surface area contributed by atoms with Crippen LogP contribution < -0.4 is 4.74 Å². The van der Waals surface area contributed by atoms with E-state index in [4.69, 9.17) is 9.84 Å². The van der Waals surface area contributed by atoms with Crippen LogP contribution >= 0.6 is 0 Å². The largest absolute Gasteiger partial charge is 0.496 e. The Balaban J connectivity index is 1.60. The van der Waals surface area contributed by atoms with Crippen molar-refractivity contribution in [2.75, 3.05) is 7.11 Å². The van der Waals surface area contributed by atoms with Crippen molar-refractivity contribution in [2.24, 2.45) is 7.05 Å². The van der Waals surface area contributed by atoms with E-state index in [9.17, 15) is 13.6 Å². The van der Waals surface area contributed by atoms with Crippen molar-refractivity contribution in [2.45, 2.75) is 45.2 Å². The van der Waals surface area contributed by atoms with Crippen LogP contribution in [0.2, 0.25) is 0 Å². The van der Waals surface area contributed by atoms with Gasteiger partial charge in [-0.2, -0.15) is 5.10 Å². The molecule has 0 spiro atoms. The highest BCUT2D eigenvalue weighted by molar-refractivity contribution is 5.99. The van der Waals surface area contributed by atoms with Gasteiger partial charge in [-0.25, -0.2) is 8.78 Å². The van der Waals surface area contributed by atoms with Crippen LogP contribution in [0.25, 0.3) is 22.2 Å². The van der Waals surface area contributed by atoms with Gasteiger partial charge in [0.05, 0.1) is 35.6 Å². The fourth-order valence-corrected chi connectivity index (χ4v) is 5.43. The first-order valence-electron chi connectivity index (χ1n) is 12.1. The van der Waals surface area contributed by atoms with Crippen molar-refractivity contribution >= 4 is 16.8 Å². The Bertz CT molecular complexity index is 1450. The minimum atomic E-state index is -0.633. The number of aryl methyl sites for hydroxylation is 1. The summed E-state index contributed by atoms with van der Waals surface area (Å²) < 4.78 is 35.3. The number of aromatic nitrogens is 3. The maximum absolute atomic E-state index is 14.1. The number of hydrogen-bond donors (Lipinski definition) is 0. The number of benzene rings is 2. The molecule has 186 valence electrons. The number of pyridine rings is 1. The number of nitrogens with zero attached hydrogens (tertiary/aromatic N) is 4. The lowest BCUT2D eigenvalue weighted by molar-refractivity contribution is 0.0512. The van der Waals surface area contributed by atoms with Gasteiger partial charge < -0.3 is 9.64 Å². The van der Waals surface area contributed by atoms with E-state index < -0.39 is 11.6 Å². The van der Waals surface area contributed by atoms with Crippen molar-refractivity contribution in [3.63, 3.8) is 0 Å². The van der Waals surface area contributed by atoms with Crippen molar-refractivity contribution in [1.82, 2.24) is 19.7 Å². The summed E-state index contributed by atoms with van der Waals surface area (Å²) in [6, 6.07) is 10.6. The Morgan fingerprint density at radius 1 is 1.11 bits per heavy atom. The number of hydrogen-bond acceptors (Lipinski definition) is 4. The first-order valence-corrected chi connectivity index (χ1v) is 12.1. The topological polar surface area (TPSA) is 60.2 Å². The van der Waals surface area contributed by atoms with E-state index in [2.05, 4.69) is 4.98 Å². The number of halogens is 2. The quantitative estimate of drug-likeness (QED) is 0.352. The van der Waals surface area contributed by atoms with Crippen molar-refractivity contribution in [3.05, 3.63) is 77.1 Å². The Morgan fingerprint density at radius 2 is 1.86 bits per heavy atom. The SMILES string of the molecule is CCC1Cc2c(nn(C)c2-c2cc(F)cc(F)c2)C(CC)N1C(=O)c1cnc2cccc(OC)c2c1. The number of amides is 1. The van der Waals surface area contributed by atoms with Gasteiger partial charge in [0.25, 0.3) is 5.91 Å². The highest BCUT2D eigenvalue weighted by Crippen LogP contribution is 2.41. The molecule has 1 aliphatic heterocycles. The summed E-state index contributed by atoms with van der Waals surface area (Å²) in [5, 5.41) is 5.53. The number of carbonyl (C=O) groups excluding carboxylic acids is 1. The summed E-state index contributed by atoms with van der Waals surface area (Å²) in [7, 11) is 3.37. The van der Waals surface area contributed by atoms with Crippen molar-refractivity contribution in [1.29, 1.82) is 0 Å². The highest BCUT2D eigenvalue weighted by atomic mass is 19.1. The molecule has 5 rings (SSSR count).